The number of nitrogens with one attached hydrogen (secondary N) is 2. The first-order valence-electron chi connectivity index (χ1n) is 9.29. The quantitative estimate of drug-likeness (QED) is 0.435. The summed E-state index contributed by atoms with van der Waals surface area (Å²) in [4.78, 5) is 25.0. The number of amides is 2. The average Bonchev–Trinajstić information content (AvgIpc) is 2.98. The lowest BCUT2D eigenvalue weighted by Crippen LogP contribution is -2.22. The number of rotatable bonds is 5. The maximum Gasteiger partial charge on any atom is 0.290 e. The molecule has 1 heterocycles. The lowest BCUT2D eigenvalue weighted by molar-refractivity contribution is 0.0944. The predicted molar refractivity (Wildman–Crippen MR) is 121 cm³/mol. The zero-order valence-electron chi connectivity index (χ0n) is 17.2. The molecule has 0 unspecified atom stereocenters. The van der Waals surface area contributed by atoms with E-state index in [1.807, 2.05) is 50.2 Å². The first kappa shape index (κ1) is 21.4. The topological polar surface area (TPSA) is 88.4 Å². The van der Waals surface area contributed by atoms with Crippen LogP contribution >= 0.6 is 15.9 Å². The highest BCUT2D eigenvalue weighted by molar-refractivity contribution is 9.10. The third-order valence-corrected chi connectivity index (χ3v) is 5.57. The first-order chi connectivity index (χ1) is 14.3. The second-order valence-electron chi connectivity index (χ2n) is 6.86. The molecule has 3 aromatic rings. The minimum Gasteiger partial charge on any atom is -0.322 e. The molecule has 0 atom stereocenters. The Kier molecular flexibility index (Phi) is 6.47. The molecule has 8 heteroatoms. The van der Waals surface area contributed by atoms with Gasteiger partial charge in [0, 0.05) is 18.3 Å². The van der Waals surface area contributed by atoms with E-state index in [9.17, 15) is 9.59 Å². The Labute approximate surface area is 183 Å². The van der Waals surface area contributed by atoms with E-state index < -0.39 is 0 Å². The van der Waals surface area contributed by atoms with Gasteiger partial charge in [-0.1, -0.05) is 30.3 Å². The molecule has 0 saturated carbocycles. The van der Waals surface area contributed by atoms with E-state index in [1.54, 1.807) is 26.1 Å². The van der Waals surface area contributed by atoms with E-state index >= 15 is 0 Å². The third kappa shape index (κ3) is 4.65. The van der Waals surface area contributed by atoms with Crippen LogP contribution in [0.2, 0.25) is 0 Å². The number of aromatic nitrogens is 2. The molecule has 2 N–H and O–H groups in total. The summed E-state index contributed by atoms with van der Waals surface area (Å²) in [6, 6.07) is 14.7. The monoisotopic (exact) mass is 467 g/mol. The van der Waals surface area contributed by atoms with Gasteiger partial charge in [0.2, 0.25) is 0 Å². The summed E-state index contributed by atoms with van der Waals surface area (Å²) in [5, 5.41) is 11.3. The number of aryl methyl sites for hydroxylation is 3. The molecule has 1 aromatic heterocycles. The average molecular weight is 468 g/mol. The fraction of sp³-hybridized carbons (Fsp3) is 0.182. The van der Waals surface area contributed by atoms with E-state index in [0.29, 0.717) is 27.1 Å². The molecule has 0 bridgehead atoms. The summed E-state index contributed by atoms with van der Waals surface area (Å²) in [7, 11) is 1.70. The number of halogens is 1. The summed E-state index contributed by atoms with van der Waals surface area (Å²) in [6.07, 6.45) is 0. The van der Waals surface area contributed by atoms with Crippen molar-refractivity contribution in [3.63, 3.8) is 0 Å². The number of carbonyl (C=O) groups is 2. The molecule has 0 aliphatic rings. The minimum atomic E-state index is -0.367. The molecule has 30 heavy (non-hydrogen) atoms. The van der Waals surface area contributed by atoms with Gasteiger partial charge in [-0.25, -0.2) is 5.43 Å². The van der Waals surface area contributed by atoms with Crippen molar-refractivity contribution in [2.75, 3.05) is 5.32 Å². The predicted octanol–water partition coefficient (Wildman–Crippen LogP) is 4.21. The number of benzene rings is 2. The van der Waals surface area contributed by atoms with Crippen molar-refractivity contribution in [3.05, 3.63) is 81.1 Å². The molecule has 0 spiro atoms. The molecular formula is C22H22BrN5O2. The highest BCUT2D eigenvalue weighted by atomic mass is 79.9. The fourth-order valence-corrected chi connectivity index (χ4v) is 3.50. The van der Waals surface area contributed by atoms with Gasteiger partial charge in [-0.2, -0.15) is 10.2 Å². The number of nitrogens with zero attached hydrogens (tertiary/aromatic N) is 3. The van der Waals surface area contributed by atoms with Gasteiger partial charge in [0.25, 0.3) is 11.8 Å². The molecule has 7 nitrogen and oxygen atoms in total. The van der Waals surface area contributed by atoms with Gasteiger partial charge in [-0.3, -0.25) is 14.3 Å². The summed E-state index contributed by atoms with van der Waals surface area (Å²) in [5.74, 6) is -0.544. The van der Waals surface area contributed by atoms with Gasteiger partial charge in [-0.15, -0.1) is 0 Å². The van der Waals surface area contributed by atoms with Crippen molar-refractivity contribution in [2.45, 2.75) is 20.8 Å². The summed E-state index contributed by atoms with van der Waals surface area (Å²) in [5.41, 5.74) is 7.22. The lowest BCUT2D eigenvalue weighted by Gasteiger charge is -2.09. The van der Waals surface area contributed by atoms with Crippen molar-refractivity contribution in [1.29, 1.82) is 0 Å². The Balaban J connectivity index is 1.74. The van der Waals surface area contributed by atoms with E-state index in [0.717, 1.165) is 16.8 Å². The Bertz CT molecular complexity index is 1150. The van der Waals surface area contributed by atoms with Crippen LogP contribution in [0.1, 0.15) is 44.6 Å². The molecule has 2 aromatic carbocycles. The maximum atomic E-state index is 12.5. The molecule has 0 radical (unpaired) electrons. The largest absolute Gasteiger partial charge is 0.322 e. The third-order valence-electron chi connectivity index (χ3n) is 4.62. The van der Waals surface area contributed by atoms with Crippen LogP contribution in [-0.2, 0) is 7.05 Å². The minimum absolute atomic E-state index is 0.176. The van der Waals surface area contributed by atoms with Gasteiger partial charge in [0.1, 0.15) is 5.69 Å². The first-order valence-corrected chi connectivity index (χ1v) is 10.1. The SMILES string of the molecule is CC(=NNC(=O)c1c(Br)c(C)nn1C)c1cccc(NC(=O)c2ccccc2C)c1. The molecule has 2 amide bonds. The highest BCUT2D eigenvalue weighted by Crippen LogP contribution is 2.20. The zero-order valence-corrected chi connectivity index (χ0v) is 18.7. The second kappa shape index (κ2) is 9.04. The van der Waals surface area contributed by atoms with Crippen LogP contribution in [0.4, 0.5) is 5.69 Å². The number of hydrogen-bond acceptors (Lipinski definition) is 4. The number of anilines is 1. The van der Waals surface area contributed by atoms with Crippen LogP contribution < -0.4 is 10.7 Å². The lowest BCUT2D eigenvalue weighted by atomic mass is 10.1. The Morgan fingerprint density at radius 1 is 1.07 bits per heavy atom. The maximum absolute atomic E-state index is 12.5. The number of carbonyl (C=O) groups excluding carboxylic acids is 2. The summed E-state index contributed by atoms with van der Waals surface area (Å²) in [6.45, 7) is 5.49. The van der Waals surface area contributed by atoms with Gasteiger partial charge in [-0.05, 0) is 66.0 Å². The van der Waals surface area contributed by atoms with Gasteiger partial charge >= 0.3 is 0 Å². The fourth-order valence-electron chi connectivity index (χ4n) is 2.98. The van der Waals surface area contributed by atoms with Crippen LogP contribution in [-0.4, -0.2) is 27.3 Å². The highest BCUT2D eigenvalue weighted by Gasteiger charge is 2.18. The smallest absolute Gasteiger partial charge is 0.290 e. The van der Waals surface area contributed by atoms with Crippen molar-refractivity contribution in [1.82, 2.24) is 15.2 Å². The molecule has 0 fully saturated rings. The van der Waals surface area contributed by atoms with E-state index in [-0.39, 0.29) is 11.8 Å². The van der Waals surface area contributed by atoms with Crippen LogP contribution in [0.15, 0.2) is 58.1 Å². The van der Waals surface area contributed by atoms with Crippen LogP contribution in [0.3, 0.4) is 0 Å². The van der Waals surface area contributed by atoms with Crippen molar-refractivity contribution in [3.8, 4) is 0 Å². The molecule has 0 aliphatic carbocycles. The normalized spacial score (nSPS) is 11.3. The summed E-state index contributed by atoms with van der Waals surface area (Å²) < 4.78 is 2.14. The standard InChI is InChI=1S/C22H22BrN5O2/c1-13-8-5-6-11-18(13)21(29)24-17-10-7-9-16(12-17)14(2)25-26-22(30)20-19(23)15(3)27-28(20)4/h5-12H,1-4H3,(H,24,29)(H,26,30). The number of hydrogen-bond donors (Lipinski definition) is 2. The van der Waals surface area contributed by atoms with Crippen LogP contribution in [0.5, 0.6) is 0 Å². The Morgan fingerprint density at radius 3 is 2.47 bits per heavy atom. The molecule has 154 valence electrons. The number of hydrazone groups is 1. The second-order valence-corrected chi connectivity index (χ2v) is 7.65. The van der Waals surface area contributed by atoms with Gasteiger partial charge in [0.05, 0.1) is 15.9 Å². The van der Waals surface area contributed by atoms with Crippen molar-refractivity contribution >= 4 is 39.1 Å². The van der Waals surface area contributed by atoms with Gasteiger partial charge < -0.3 is 5.32 Å². The zero-order chi connectivity index (χ0) is 21.8. The van der Waals surface area contributed by atoms with Crippen molar-refractivity contribution < 1.29 is 9.59 Å². The molecule has 0 aliphatic heterocycles. The van der Waals surface area contributed by atoms with Crippen LogP contribution in [0, 0.1) is 13.8 Å². The Hall–Kier alpha value is -3.26. The van der Waals surface area contributed by atoms with Crippen LogP contribution in [0.25, 0.3) is 0 Å². The molecular weight excluding hydrogens is 446 g/mol. The Morgan fingerprint density at radius 2 is 1.80 bits per heavy atom. The molecule has 3 rings (SSSR count). The van der Waals surface area contributed by atoms with E-state index in [4.69, 9.17) is 0 Å². The molecule has 0 saturated heterocycles. The van der Waals surface area contributed by atoms with E-state index in [2.05, 4.69) is 36.9 Å². The van der Waals surface area contributed by atoms with Gasteiger partial charge in [0.15, 0.2) is 0 Å². The van der Waals surface area contributed by atoms with E-state index in [1.165, 1.54) is 4.68 Å². The van der Waals surface area contributed by atoms with Crippen molar-refractivity contribution in [2.24, 2.45) is 12.1 Å². The summed E-state index contributed by atoms with van der Waals surface area (Å²) >= 11 is 3.38.